The molecule has 1 heterocycles. The van der Waals surface area contributed by atoms with Gasteiger partial charge >= 0.3 is 0 Å². The fourth-order valence-corrected chi connectivity index (χ4v) is 1.62. The molecule has 0 atom stereocenters. The van der Waals surface area contributed by atoms with Gasteiger partial charge in [0.2, 0.25) is 0 Å². The summed E-state index contributed by atoms with van der Waals surface area (Å²) >= 11 is 0. The van der Waals surface area contributed by atoms with E-state index in [1.807, 2.05) is 13.8 Å². The Morgan fingerprint density at radius 1 is 1.43 bits per heavy atom. The topological polar surface area (TPSA) is 102 Å². The summed E-state index contributed by atoms with van der Waals surface area (Å²) in [6.45, 7) is 7.68. The van der Waals surface area contributed by atoms with Gasteiger partial charge in [0.25, 0.3) is 5.91 Å². The van der Waals surface area contributed by atoms with E-state index < -0.39 is 0 Å². The van der Waals surface area contributed by atoms with Crippen LogP contribution in [0.2, 0.25) is 0 Å². The number of rotatable bonds is 9. The fourth-order valence-electron chi connectivity index (χ4n) is 1.62. The number of anilines is 1. The van der Waals surface area contributed by atoms with Gasteiger partial charge in [0, 0.05) is 19.1 Å². The molecule has 118 valence electrons. The second-order valence-corrected chi connectivity index (χ2v) is 5.01. The van der Waals surface area contributed by atoms with Crippen molar-refractivity contribution in [2.75, 3.05) is 25.2 Å². The summed E-state index contributed by atoms with van der Waals surface area (Å²) in [6.07, 6.45) is 3.64. The highest BCUT2D eigenvalue weighted by molar-refractivity contribution is 5.97. The first-order chi connectivity index (χ1) is 10.1. The predicted octanol–water partition coefficient (Wildman–Crippen LogP) is 1.43. The van der Waals surface area contributed by atoms with Crippen LogP contribution < -0.4 is 16.6 Å². The van der Waals surface area contributed by atoms with Crippen LogP contribution in [0.4, 0.5) is 5.69 Å². The lowest BCUT2D eigenvalue weighted by Gasteiger charge is -2.11. The summed E-state index contributed by atoms with van der Waals surface area (Å²) in [5.74, 6) is 5.85. The van der Waals surface area contributed by atoms with Gasteiger partial charge in [0.15, 0.2) is 5.69 Å². The first-order valence-electron chi connectivity index (χ1n) is 7.29. The van der Waals surface area contributed by atoms with Gasteiger partial charge in [0.1, 0.15) is 5.82 Å². The summed E-state index contributed by atoms with van der Waals surface area (Å²) in [5.41, 5.74) is 3.10. The molecule has 1 aromatic rings. The van der Waals surface area contributed by atoms with Crippen LogP contribution in [-0.4, -0.2) is 35.6 Å². The highest BCUT2D eigenvalue weighted by Crippen LogP contribution is 2.15. The van der Waals surface area contributed by atoms with E-state index in [4.69, 9.17) is 10.6 Å². The van der Waals surface area contributed by atoms with Crippen LogP contribution in [0, 0.1) is 0 Å². The van der Waals surface area contributed by atoms with Crippen molar-refractivity contribution in [3.63, 3.8) is 0 Å². The molecule has 0 saturated heterocycles. The Labute approximate surface area is 125 Å². The third-order valence-corrected chi connectivity index (χ3v) is 2.87. The van der Waals surface area contributed by atoms with E-state index in [1.54, 1.807) is 0 Å². The second kappa shape index (κ2) is 9.25. The molecule has 7 nitrogen and oxygen atoms in total. The smallest absolute Gasteiger partial charge is 0.272 e. The molecule has 0 spiro atoms. The number of nitrogens with zero attached hydrogens (tertiary/aromatic N) is 2. The van der Waals surface area contributed by atoms with E-state index in [9.17, 15) is 4.79 Å². The van der Waals surface area contributed by atoms with Crippen molar-refractivity contribution in [1.82, 2.24) is 15.3 Å². The lowest BCUT2D eigenvalue weighted by Crippen LogP contribution is -2.30. The van der Waals surface area contributed by atoms with Crippen LogP contribution in [-0.2, 0) is 4.74 Å². The van der Waals surface area contributed by atoms with E-state index in [0.717, 1.165) is 12.8 Å². The number of nitrogens with two attached hydrogens (primary N) is 1. The van der Waals surface area contributed by atoms with Crippen LogP contribution in [0.15, 0.2) is 6.20 Å². The lowest BCUT2D eigenvalue weighted by molar-refractivity contribution is 0.0908. The summed E-state index contributed by atoms with van der Waals surface area (Å²) in [6, 6.07) is 0. The van der Waals surface area contributed by atoms with Crippen LogP contribution in [0.1, 0.15) is 55.8 Å². The molecule has 0 aliphatic rings. The zero-order valence-electron chi connectivity index (χ0n) is 13.0. The minimum Gasteiger partial charge on any atom is -0.380 e. The molecular formula is C14H25N5O2. The molecule has 0 aliphatic heterocycles. The normalized spacial score (nSPS) is 10.7. The number of carbonyl (C=O) groups is 1. The average molecular weight is 295 g/mol. The largest absolute Gasteiger partial charge is 0.380 e. The molecule has 21 heavy (non-hydrogen) atoms. The van der Waals surface area contributed by atoms with Gasteiger partial charge in [-0.2, -0.15) is 0 Å². The maximum absolute atomic E-state index is 12.1. The Hall–Kier alpha value is -1.73. The van der Waals surface area contributed by atoms with Gasteiger partial charge in [0.05, 0.1) is 18.5 Å². The SMILES string of the molecule is CCCCOCCNC(=O)c1nc(C(C)C)ncc1NN. The Balaban J connectivity index is 2.57. The van der Waals surface area contributed by atoms with Gasteiger partial charge < -0.3 is 15.5 Å². The number of hydrogen-bond acceptors (Lipinski definition) is 6. The van der Waals surface area contributed by atoms with E-state index in [1.165, 1.54) is 6.20 Å². The molecule has 0 fully saturated rings. The van der Waals surface area contributed by atoms with E-state index in [2.05, 4.69) is 27.6 Å². The summed E-state index contributed by atoms with van der Waals surface area (Å²) in [7, 11) is 0. The monoisotopic (exact) mass is 295 g/mol. The minimum atomic E-state index is -0.286. The number of ether oxygens (including phenoxy) is 1. The average Bonchev–Trinajstić information content (AvgIpc) is 2.49. The third kappa shape index (κ3) is 5.65. The fraction of sp³-hybridized carbons (Fsp3) is 0.643. The zero-order chi connectivity index (χ0) is 15.7. The highest BCUT2D eigenvalue weighted by atomic mass is 16.5. The van der Waals surface area contributed by atoms with Crippen molar-refractivity contribution in [2.45, 2.75) is 39.5 Å². The maximum atomic E-state index is 12.1. The molecule has 0 unspecified atom stereocenters. The van der Waals surface area contributed by atoms with Crippen LogP contribution in [0.25, 0.3) is 0 Å². The first kappa shape index (κ1) is 17.3. The van der Waals surface area contributed by atoms with E-state index in [0.29, 0.717) is 31.3 Å². The van der Waals surface area contributed by atoms with Gasteiger partial charge in [-0.3, -0.25) is 10.6 Å². The van der Waals surface area contributed by atoms with Crippen LogP contribution in [0.3, 0.4) is 0 Å². The minimum absolute atomic E-state index is 0.140. The van der Waals surface area contributed by atoms with Crippen LogP contribution >= 0.6 is 0 Å². The van der Waals surface area contributed by atoms with Gasteiger partial charge in [-0.1, -0.05) is 27.2 Å². The molecule has 0 aromatic carbocycles. The number of unbranched alkanes of at least 4 members (excludes halogenated alkanes) is 1. The summed E-state index contributed by atoms with van der Waals surface area (Å²) in [5, 5.41) is 2.77. The number of carbonyl (C=O) groups excluding carboxylic acids is 1. The first-order valence-corrected chi connectivity index (χ1v) is 7.29. The molecule has 0 radical (unpaired) electrons. The maximum Gasteiger partial charge on any atom is 0.272 e. The van der Waals surface area contributed by atoms with Crippen molar-refractivity contribution >= 4 is 11.6 Å². The Morgan fingerprint density at radius 2 is 2.19 bits per heavy atom. The Morgan fingerprint density at radius 3 is 2.81 bits per heavy atom. The van der Waals surface area contributed by atoms with Gasteiger partial charge in [-0.05, 0) is 6.42 Å². The van der Waals surface area contributed by atoms with Crippen molar-refractivity contribution in [3.05, 3.63) is 17.7 Å². The zero-order valence-corrected chi connectivity index (χ0v) is 13.0. The van der Waals surface area contributed by atoms with Crippen molar-refractivity contribution in [3.8, 4) is 0 Å². The Bertz CT molecular complexity index is 451. The van der Waals surface area contributed by atoms with Gasteiger partial charge in [-0.15, -0.1) is 0 Å². The summed E-state index contributed by atoms with van der Waals surface area (Å²) in [4.78, 5) is 20.6. The predicted molar refractivity (Wildman–Crippen MR) is 82.0 cm³/mol. The molecular weight excluding hydrogens is 270 g/mol. The number of aromatic nitrogens is 2. The molecule has 4 N–H and O–H groups in total. The molecule has 0 bridgehead atoms. The lowest BCUT2D eigenvalue weighted by atomic mass is 10.2. The molecule has 7 heteroatoms. The van der Waals surface area contributed by atoms with E-state index in [-0.39, 0.29) is 17.5 Å². The summed E-state index contributed by atoms with van der Waals surface area (Å²) < 4.78 is 5.39. The second-order valence-electron chi connectivity index (χ2n) is 5.01. The van der Waals surface area contributed by atoms with Crippen molar-refractivity contribution in [1.29, 1.82) is 0 Å². The van der Waals surface area contributed by atoms with Crippen LogP contribution in [0.5, 0.6) is 0 Å². The Kier molecular flexibility index (Phi) is 7.63. The quantitative estimate of drug-likeness (QED) is 0.362. The van der Waals surface area contributed by atoms with Gasteiger partial charge in [-0.25, -0.2) is 9.97 Å². The van der Waals surface area contributed by atoms with E-state index >= 15 is 0 Å². The number of amides is 1. The standard InChI is InChI=1S/C14H25N5O2/c1-4-5-7-21-8-6-16-14(20)12-11(19-15)9-17-13(18-12)10(2)3/h9-10,19H,4-8,15H2,1-3H3,(H,16,20). The molecule has 1 aromatic heterocycles. The third-order valence-electron chi connectivity index (χ3n) is 2.87. The highest BCUT2D eigenvalue weighted by Gasteiger charge is 2.15. The number of hydrazine groups is 1. The molecule has 1 rings (SSSR count). The van der Waals surface area contributed by atoms with Crippen molar-refractivity contribution in [2.24, 2.45) is 5.84 Å². The number of nitrogen functional groups attached to an aromatic ring is 1. The number of nitrogens with one attached hydrogen (secondary N) is 2. The molecule has 1 amide bonds. The number of hydrogen-bond donors (Lipinski definition) is 3. The van der Waals surface area contributed by atoms with Crippen molar-refractivity contribution < 1.29 is 9.53 Å². The molecule has 0 saturated carbocycles. The molecule has 0 aliphatic carbocycles.